The van der Waals surface area contributed by atoms with Crippen molar-refractivity contribution in [2.75, 3.05) is 18.1 Å². The van der Waals surface area contributed by atoms with E-state index in [1.54, 1.807) is 30.8 Å². The van der Waals surface area contributed by atoms with Gasteiger partial charge < -0.3 is 5.32 Å². The van der Waals surface area contributed by atoms with Crippen LogP contribution in [0.5, 0.6) is 0 Å². The summed E-state index contributed by atoms with van der Waals surface area (Å²) in [5.41, 5.74) is 1.79. The molecule has 0 heterocycles. The standard InChI is InChI=1S/C14H18N2O2S/c1-4-8-19-9-7-15-12(3)13-6-5-11(2)14(10-13)16(17)18/h1,5-6,10,12,15H,7-9H2,2-3H3. The third-order valence-electron chi connectivity index (χ3n) is 2.81. The largest absolute Gasteiger partial charge is 0.309 e. The molecule has 1 unspecified atom stereocenters. The third-order valence-corrected chi connectivity index (χ3v) is 3.68. The number of thioether (sulfide) groups is 1. The number of terminal acetylenes is 1. The molecular weight excluding hydrogens is 260 g/mol. The van der Waals surface area contributed by atoms with Gasteiger partial charge in [0.05, 0.1) is 10.7 Å². The molecule has 0 radical (unpaired) electrons. The summed E-state index contributed by atoms with van der Waals surface area (Å²) in [5, 5.41) is 14.2. The highest BCUT2D eigenvalue weighted by molar-refractivity contribution is 7.99. The smallest absolute Gasteiger partial charge is 0.272 e. The summed E-state index contributed by atoms with van der Waals surface area (Å²) in [4.78, 5) is 10.6. The van der Waals surface area contributed by atoms with Crippen molar-refractivity contribution >= 4 is 17.4 Å². The van der Waals surface area contributed by atoms with Crippen LogP contribution in [0.1, 0.15) is 24.1 Å². The summed E-state index contributed by atoms with van der Waals surface area (Å²) < 4.78 is 0. The van der Waals surface area contributed by atoms with Crippen molar-refractivity contribution in [2.24, 2.45) is 0 Å². The van der Waals surface area contributed by atoms with Crippen LogP contribution in [0, 0.1) is 29.4 Å². The van der Waals surface area contributed by atoms with Crippen LogP contribution in [0.15, 0.2) is 18.2 Å². The quantitative estimate of drug-likeness (QED) is 0.360. The monoisotopic (exact) mass is 278 g/mol. The predicted molar refractivity (Wildman–Crippen MR) is 80.4 cm³/mol. The van der Waals surface area contributed by atoms with Crippen LogP contribution < -0.4 is 5.32 Å². The number of hydrogen-bond acceptors (Lipinski definition) is 4. The van der Waals surface area contributed by atoms with Crippen LogP contribution in [0.25, 0.3) is 0 Å². The third kappa shape index (κ3) is 4.93. The molecule has 0 aliphatic rings. The second kappa shape index (κ2) is 7.82. The van der Waals surface area contributed by atoms with E-state index in [9.17, 15) is 10.1 Å². The number of aryl methyl sites for hydroxylation is 1. The zero-order valence-electron chi connectivity index (χ0n) is 11.2. The van der Waals surface area contributed by atoms with Crippen LogP contribution in [0.3, 0.4) is 0 Å². The minimum atomic E-state index is -0.339. The highest BCUT2D eigenvalue weighted by atomic mass is 32.2. The average molecular weight is 278 g/mol. The Balaban J connectivity index is 2.57. The maximum absolute atomic E-state index is 10.9. The Kier molecular flexibility index (Phi) is 6.40. The van der Waals surface area contributed by atoms with E-state index in [4.69, 9.17) is 6.42 Å². The summed E-state index contributed by atoms with van der Waals surface area (Å²) >= 11 is 1.69. The Labute approximate surface area is 118 Å². The second-order valence-corrected chi connectivity index (χ2v) is 5.34. The van der Waals surface area contributed by atoms with Crippen molar-refractivity contribution < 1.29 is 4.92 Å². The van der Waals surface area contributed by atoms with Gasteiger partial charge in [-0.3, -0.25) is 10.1 Å². The molecule has 5 heteroatoms. The van der Waals surface area contributed by atoms with Gasteiger partial charge in [-0.1, -0.05) is 18.1 Å². The van der Waals surface area contributed by atoms with Gasteiger partial charge in [0, 0.05) is 30.0 Å². The fourth-order valence-electron chi connectivity index (χ4n) is 1.69. The first-order valence-electron chi connectivity index (χ1n) is 6.05. The van der Waals surface area contributed by atoms with E-state index >= 15 is 0 Å². The zero-order valence-corrected chi connectivity index (χ0v) is 12.0. The number of nitrogens with one attached hydrogen (secondary N) is 1. The molecule has 4 nitrogen and oxygen atoms in total. The van der Waals surface area contributed by atoms with Gasteiger partial charge in [0.25, 0.3) is 5.69 Å². The van der Waals surface area contributed by atoms with Crippen molar-refractivity contribution in [2.45, 2.75) is 19.9 Å². The summed E-state index contributed by atoms with van der Waals surface area (Å²) in [6.07, 6.45) is 5.17. The molecule has 0 aliphatic carbocycles. The molecule has 0 amide bonds. The average Bonchev–Trinajstić information content (AvgIpc) is 2.38. The summed E-state index contributed by atoms with van der Waals surface area (Å²) in [7, 11) is 0. The Morgan fingerprint density at radius 3 is 2.95 bits per heavy atom. The lowest BCUT2D eigenvalue weighted by molar-refractivity contribution is -0.385. The number of nitro benzene ring substituents is 1. The molecule has 0 aliphatic heterocycles. The molecule has 1 aromatic carbocycles. The lowest BCUT2D eigenvalue weighted by Gasteiger charge is -2.14. The topological polar surface area (TPSA) is 55.2 Å². The predicted octanol–water partition coefficient (Wildman–Crippen LogP) is 2.92. The summed E-state index contributed by atoms with van der Waals surface area (Å²) in [6, 6.07) is 5.44. The van der Waals surface area contributed by atoms with Crippen LogP contribution >= 0.6 is 11.8 Å². The van der Waals surface area contributed by atoms with E-state index in [0.29, 0.717) is 11.3 Å². The van der Waals surface area contributed by atoms with Gasteiger partial charge >= 0.3 is 0 Å². The van der Waals surface area contributed by atoms with Crippen LogP contribution in [0.2, 0.25) is 0 Å². The minimum absolute atomic E-state index is 0.0886. The Morgan fingerprint density at radius 2 is 2.32 bits per heavy atom. The van der Waals surface area contributed by atoms with E-state index in [2.05, 4.69) is 11.2 Å². The highest BCUT2D eigenvalue weighted by Crippen LogP contribution is 2.23. The molecule has 0 fully saturated rings. The minimum Gasteiger partial charge on any atom is -0.309 e. The normalized spacial score (nSPS) is 11.8. The zero-order chi connectivity index (χ0) is 14.3. The van der Waals surface area contributed by atoms with E-state index in [0.717, 1.165) is 17.9 Å². The van der Waals surface area contributed by atoms with E-state index in [1.165, 1.54) is 0 Å². The highest BCUT2D eigenvalue weighted by Gasteiger charge is 2.13. The molecule has 0 saturated carbocycles. The van der Waals surface area contributed by atoms with E-state index < -0.39 is 0 Å². The van der Waals surface area contributed by atoms with Crippen LogP contribution in [-0.2, 0) is 0 Å². The Bertz CT molecular complexity index is 483. The molecule has 1 rings (SSSR count). The number of hydrogen-bond donors (Lipinski definition) is 1. The van der Waals surface area contributed by atoms with Crippen molar-refractivity contribution in [1.82, 2.24) is 5.32 Å². The Hall–Kier alpha value is -1.51. The van der Waals surface area contributed by atoms with Gasteiger partial charge in [-0.25, -0.2) is 0 Å². The van der Waals surface area contributed by atoms with Gasteiger partial charge in [0.2, 0.25) is 0 Å². The van der Waals surface area contributed by atoms with Crippen molar-refractivity contribution in [3.8, 4) is 12.3 Å². The van der Waals surface area contributed by atoms with Crippen molar-refractivity contribution in [3.05, 3.63) is 39.4 Å². The summed E-state index contributed by atoms with van der Waals surface area (Å²) in [6.45, 7) is 4.58. The van der Waals surface area contributed by atoms with Gasteiger partial charge in [0.1, 0.15) is 0 Å². The van der Waals surface area contributed by atoms with Gasteiger partial charge in [0.15, 0.2) is 0 Å². The molecule has 19 heavy (non-hydrogen) atoms. The maximum atomic E-state index is 10.9. The first-order chi connectivity index (χ1) is 9.06. The maximum Gasteiger partial charge on any atom is 0.272 e. The second-order valence-electron chi connectivity index (χ2n) is 4.24. The molecule has 0 bridgehead atoms. The molecular formula is C14H18N2O2S. The first-order valence-corrected chi connectivity index (χ1v) is 7.21. The molecule has 1 aromatic rings. The number of nitrogens with zero attached hydrogens (tertiary/aromatic N) is 1. The lowest BCUT2D eigenvalue weighted by atomic mass is 10.0. The number of nitro groups is 1. The van der Waals surface area contributed by atoms with Crippen LogP contribution in [0.4, 0.5) is 5.69 Å². The first kappa shape index (κ1) is 15.5. The van der Waals surface area contributed by atoms with E-state index in [-0.39, 0.29) is 16.7 Å². The number of benzene rings is 1. The van der Waals surface area contributed by atoms with E-state index in [1.807, 2.05) is 13.0 Å². The SMILES string of the molecule is C#CCSCCNC(C)c1ccc(C)c([N+](=O)[O-])c1. The van der Waals surface area contributed by atoms with Crippen molar-refractivity contribution in [1.29, 1.82) is 0 Å². The summed E-state index contributed by atoms with van der Waals surface area (Å²) in [5.74, 6) is 4.22. The molecule has 0 aromatic heterocycles. The van der Waals surface area contributed by atoms with Crippen molar-refractivity contribution in [3.63, 3.8) is 0 Å². The molecule has 0 spiro atoms. The molecule has 1 N–H and O–H groups in total. The van der Waals surface area contributed by atoms with Gasteiger partial charge in [-0.05, 0) is 19.4 Å². The molecule has 0 saturated heterocycles. The lowest BCUT2D eigenvalue weighted by Crippen LogP contribution is -2.21. The van der Waals surface area contributed by atoms with Gasteiger partial charge in [-0.15, -0.1) is 18.2 Å². The molecule has 1 atom stereocenters. The number of rotatable bonds is 7. The fourth-order valence-corrected chi connectivity index (χ4v) is 2.21. The van der Waals surface area contributed by atoms with Crippen LogP contribution in [-0.4, -0.2) is 23.0 Å². The van der Waals surface area contributed by atoms with Gasteiger partial charge in [-0.2, -0.15) is 0 Å². The molecule has 102 valence electrons. The Morgan fingerprint density at radius 1 is 1.58 bits per heavy atom. The fraction of sp³-hybridized carbons (Fsp3) is 0.429.